The topological polar surface area (TPSA) is 78.6 Å². The minimum Gasteiger partial charge on any atom is -0.513 e. The molecule has 1 aromatic carbocycles. The zero-order valence-corrected chi connectivity index (χ0v) is 13.0. The van der Waals surface area contributed by atoms with Crippen LogP contribution in [-0.2, 0) is 0 Å². The standard InChI is InChI=1S/C17H21N3O3/c1-12(21)6-9-18-17(22)20-10-7-13(8-11-20)16-19-14-4-2-3-5-15(14)23-16/h2-5,13,21H,1,6-11H2,(H,18,22). The molecule has 0 spiro atoms. The van der Waals surface area contributed by atoms with E-state index in [-0.39, 0.29) is 17.7 Å². The number of hydrogen-bond acceptors (Lipinski definition) is 4. The lowest BCUT2D eigenvalue weighted by atomic mass is 9.97. The van der Waals surface area contributed by atoms with E-state index in [2.05, 4.69) is 16.9 Å². The third kappa shape index (κ3) is 3.64. The van der Waals surface area contributed by atoms with Gasteiger partial charge in [0.05, 0.1) is 5.76 Å². The molecule has 2 N–H and O–H groups in total. The monoisotopic (exact) mass is 315 g/mol. The largest absolute Gasteiger partial charge is 0.513 e. The molecule has 0 bridgehead atoms. The Morgan fingerprint density at radius 2 is 2.13 bits per heavy atom. The van der Waals surface area contributed by atoms with Crippen molar-refractivity contribution in [1.29, 1.82) is 0 Å². The van der Waals surface area contributed by atoms with Crippen LogP contribution in [0.15, 0.2) is 41.0 Å². The van der Waals surface area contributed by atoms with E-state index in [0.29, 0.717) is 26.1 Å². The number of oxazole rings is 1. The highest BCUT2D eigenvalue weighted by molar-refractivity contribution is 5.74. The number of nitrogens with one attached hydrogen (secondary N) is 1. The van der Waals surface area contributed by atoms with Crippen molar-refractivity contribution in [2.24, 2.45) is 0 Å². The van der Waals surface area contributed by atoms with E-state index in [9.17, 15) is 4.79 Å². The third-order valence-electron chi connectivity index (χ3n) is 4.13. The first kappa shape index (κ1) is 15.4. The van der Waals surface area contributed by atoms with Crippen LogP contribution in [0, 0.1) is 0 Å². The molecule has 1 saturated heterocycles. The molecule has 1 fully saturated rings. The van der Waals surface area contributed by atoms with Crippen molar-refractivity contribution < 1.29 is 14.3 Å². The molecule has 1 aromatic heterocycles. The van der Waals surface area contributed by atoms with Crippen LogP contribution in [0.2, 0.25) is 0 Å². The maximum atomic E-state index is 12.0. The van der Waals surface area contributed by atoms with Gasteiger partial charge in [-0.2, -0.15) is 0 Å². The lowest BCUT2D eigenvalue weighted by molar-refractivity contribution is 0.177. The number of benzene rings is 1. The number of amides is 2. The van der Waals surface area contributed by atoms with Crippen LogP contribution < -0.4 is 5.32 Å². The predicted molar refractivity (Wildman–Crippen MR) is 87.3 cm³/mol. The maximum Gasteiger partial charge on any atom is 0.317 e. The van der Waals surface area contributed by atoms with E-state index in [4.69, 9.17) is 9.52 Å². The van der Waals surface area contributed by atoms with Crippen LogP contribution in [0.3, 0.4) is 0 Å². The van der Waals surface area contributed by atoms with Crippen LogP contribution in [0.1, 0.15) is 31.1 Å². The van der Waals surface area contributed by atoms with Crippen molar-refractivity contribution in [2.45, 2.75) is 25.2 Å². The fourth-order valence-corrected chi connectivity index (χ4v) is 2.82. The third-order valence-corrected chi connectivity index (χ3v) is 4.13. The van der Waals surface area contributed by atoms with Gasteiger partial charge in [0.1, 0.15) is 5.52 Å². The Kier molecular flexibility index (Phi) is 4.50. The number of rotatable bonds is 4. The van der Waals surface area contributed by atoms with Crippen molar-refractivity contribution in [3.63, 3.8) is 0 Å². The quantitative estimate of drug-likeness (QED) is 0.849. The number of aromatic nitrogens is 1. The van der Waals surface area contributed by atoms with E-state index in [0.717, 1.165) is 29.8 Å². The Balaban J connectivity index is 1.53. The highest BCUT2D eigenvalue weighted by Gasteiger charge is 2.26. The van der Waals surface area contributed by atoms with Crippen LogP contribution in [0.5, 0.6) is 0 Å². The molecular weight excluding hydrogens is 294 g/mol. The summed E-state index contributed by atoms with van der Waals surface area (Å²) in [5.74, 6) is 1.10. The summed E-state index contributed by atoms with van der Waals surface area (Å²) in [6.07, 6.45) is 2.06. The Morgan fingerprint density at radius 3 is 2.83 bits per heavy atom. The zero-order chi connectivity index (χ0) is 16.2. The summed E-state index contributed by atoms with van der Waals surface area (Å²) in [6, 6.07) is 7.65. The fourth-order valence-electron chi connectivity index (χ4n) is 2.82. The van der Waals surface area contributed by atoms with Crippen LogP contribution in [0.25, 0.3) is 11.1 Å². The summed E-state index contributed by atoms with van der Waals surface area (Å²) in [5, 5.41) is 11.8. The summed E-state index contributed by atoms with van der Waals surface area (Å²) >= 11 is 0. The number of likely N-dealkylation sites (tertiary alicyclic amines) is 1. The van der Waals surface area contributed by atoms with Crippen molar-refractivity contribution in [1.82, 2.24) is 15.2 Å². The van der Waals surface area contributed by atoms with Gasteiger partial charge >= 0.3 is 6.03 Å². The Bertz CT molecular complexity index is 669. The smallest absolute Gasteiger partial charge is 0.317 e. The van der Waals surface area contributed by atoms with Gasteiger partial charge in [0.2, 0.25) is 0 Å². The van der Waals surface area contributed by atoms with Crippen molar-refractivity contribution in [3.05, 3.63) is 42.5 Å². The lowest BCUT2D eigenvalue weighted by Gasteiger charge is -2.30. The lowest BCUT2D eigenvalue weighted by Crippen LogP contribution is -2.44. The maximum absolute atomic E-state index is 12.0. The van der Waals surface area contributed by atoms with Gasteiger partial charge in [-0.3, -0.25) is 0 Å². The molecule has 6 nitrogen and oxygen atoms in total. The molecule has 2 amide bonds. The van der Waals surface area contributed by atoms with Gasteiger partial charge in [0, 0.05) is 32.0 Å². The summed E-state index contributed by atoms with van der Waals surface area (Å²) < 4.78 is 5.83. The number of piperidine rings is 1. The summed E-state index contributed by atoms with van der Waals surface area (Å²) in [7, 11) is 0. The van der Waals surface area contributed by atoms with E-state index >= 15 is 0 Å². The number of para-hydroxylation sites is 2. The van der Waals surface area contributed by atoms with E-state index < -0.39 is 0 Å². The normalized spacial score (nSPS) is 15.7. The second-order valence-electron chi connectivity index (χ2n) is 5.83. The molecule has 3 rings (SSSR count). The van der Waals surface area contributed by atoms with Crippen molar-refractivity contribution in [2.75, 3.05) is 19.6 Å². The molecule has 0 aliphatic carbocycles. The van der Waals surface area contributed by atoms with Gasteiger partial charge < -0.3 is 19.7 Å². The number of hydrogen-bond donors (Lipinski definition) is 2. The number of aliphatic hydroxyl groups excluding tert-OH is 1. The molecule has 122 valence electrons. The van der Waals surface area contributed by atoms with Crippen LogP contribution >= 0.6 is 0 Å². The Hall–Kier alpha value is -2.50. The minimum absolute atomic E-state index is 0.0833. The molecular formula is C17H21N3O3. The Morgan fingerprint density at radius 1 is 1.39 bits per heavy atom. The summed E-state index contributed by atoms with van der Waals surface area (Å²) in [4.78, 5) is 18.4. The van der Waals surface area contributed by atoms with Gasteiger partial charge in [0.25, 0.3) is 0 Å². The summed E-state index contributed by atoms with van der Waals surface area (Å²) in [5.41, 5.74) is 1.69. The molecule has 0 unspecified atom stereocenters. The van der Waals surface area contributed by atoms with Gasteiger partial charge in [-0.15, -0.1) is 0 Å². The van der Waals surface area contributed by atoms with E-state index in [1.807, 2.05) is 24.3 Å². The highest BCUT2D eigenvalue weighted by atomic mass is 16.3. The first-order valence-corrected chi connectivity index (χ1v) is 7.88. The average Bonchev–Trinajstić information content (AvgIpc) is 2.98. The van der Waals surface area contributed by atoms with E-state index in [1.165, 1.54) is 0 Å². The molecule has 0 atom stereocenters. The van der Waals surface area contributed by atoms with Gasteiger partial charge in [0.15, 0.2) is 11.5 Å². The first-order valence-electron chi connectivity index (χ1n) is 7.88. The first-order chi connectivity index (χ1) is 11.1. The number of aliphatic hydroxyl groups is 1. The van der Waals surface area contributed by atoms with Gasteiger partial charge in [-0.25, -0.2) is 9.78 Å². The van der Waals surface area contributed by atoms with Gasteiger partial charge in [-0.05, 0) is 25.0 Å². The predicted octanol–water partition coefficient (Wildman–Crippen LogP) is 3.18. The molecule has 2 aromatic rings. The molecule has 0 saturated carbocycles. The van der Waals surface area contributed by atoms with Crippen LogP contribution in [0.4, 0.5) is 4.79 Å². The van der Waals surface area contributed by atoms with Crippen LogP contribution in [-0.4, -0.2) is 40.7 Å². The number of carbonyl (C=O) groups excluding carboxylic acids is 1. The number of carbonyl (C=O) groups is 1. The molecule has 2 heterocycles. The van der Waals surface area contributed by atoms with Crippen molar-refractivity contribution >= 4 is 17.1 Å². The Labute approximate surface area is 134 Å². The number of nitrogens with zero attached hydrogens (tertiary/aromatic N) is 2. The number of urea groups is 1. The average molecular weight is 315 g/mol. The van der Waals surface area contributed by atoms with E-state index in [1.54, 1.807) is 4.90 Å². The number of fused-ring (bicyclic) bond motifs is 1. The molecule has 1 aliphatic heterocycles. The molecule has 6 heteroatoms. The highest BCUT2D eigenvalue weighted by Crippen LogP contribution is 2.29. The van der Waals surface area contributed by atoms with Crippen molar-refractivity contribution in [3.8, 4) is 0 Å². The second kappa shape index (κ2) is 6.73. The minimum atomic E-state index is -0.0951. The SMILES string of the molecule is C=C(O)CCNC(=O)N1CCC(c2nc3ccccc3o2)CC1. The fraction of sp³-hybridized carbons (Fsp3) is 0.412. The molecule has 0 radical (unpaired) electrons. The molecule has 23 heavy (non-hydrogen) atoms. The summed E-state index contributed by atoms with van der Waals surface area (Å²) in [6.45, 7) is 5.15. The zero-order valence-electron chi connectivity index (χ0n) is 13.0. The second-order valence-corrected chi connectivity index (χ2v) is 5.83. The van der Waals surface area contributed by atoms with Gasteiger partial charge in [-0.1, -0.05) is 18.7 Å². The molecule has 1 aliphatic rings.